The monoisotopic (exact) mass is 269 g/mol. The van der Waals surface area contributed by atoms with Crippen molar-refractivity contribution in [3.8, 4) is 5.75 Å². The molecule has 3 nitrogen and oxygen atoms in total. The van der Waals surface area contributed by atoms with Gasteiger partial charge in [0.05, 0.1) is 6.61 Å². The Bertz CT molecular complexity index is 405. The van der Waals surface area contributed by atoms with Crippen LogP contribution in [0.2, 0.25) is 0 Å². The number of alkyl halides is 1. The first kappa shape index (κ1) is 14.8. The lowest BCUT2D eigenvalue weighted by atomic mass is 9.95. The van der Waals surface area contributed by atoms with Crippen molar-refractivity contribution in [2.75, 3.05) is 12.5 Å². The maximum atomic E-state index is 11.3. The third-order valence-corrected chi connectivity index (χ3v) is 2.70. The van der Waals surface area contributed by atoms with Gasteiger partial charge >= 0.3 is 0 Å². The summed E-state index contributed by atoms with van der Waals surface area (Å²) in [5.74, 6) is 0.694. The van der Waals surface area contributed by atoms with Gasteiger partial charge in [0.15, 0.2) is 0 Å². The van der Waals surface area contributed by atoms with Crippen LogP contribution in [0.3, 0.4) is 0 Å². The fraction of sp³-hybridized carbons (Fsp3) is 0.500. The average Bonchev–Trinajstić information content (AvgIpc) is 2.28. The van der Waals surface area contributed by atoms with E-state index in [1.807, 2.05) is 45.0 Å². The van der Waals surface area contributed by atoms with Crippen LogP contribution in [0.15, 0.2) is 24.3 Å². The number of hydrogen-bond donors (Lipinski definition) is 1. The summed E-state index contributed by atoms with van der Waals surface area (Å²) in [6.45, 7) is 6.56. The van der Waals surface area contributed by atoms with Gasteiger partial charge < -0.3 is 10.1 Å². The van der Waals surface area contributed by atoms with Crippen molar-refractivity contribution in [1.82, 2.24) is 5.32 Å². The van der Waals surface area contributed by atoms with Gasteiger partial charge in [-0.15, -0.1) is 11.6 Å². The molecule has 1 N–H and O–H groups in total. The van der Waals surface area contributed by atoms with Crippen LogP contribution in [0.25, 0.3) is 0 Å². The molecule has 0 unspecified atom stereocenters. The molecule has 4 heteroatoms. The smallest absolute Gasteiger partial charge is 0.235 e. The molecule has 0 aliphatic heterocycles. The van der Waals surface area contributed by atoms with Crippen molar-refractivity contribution < 1.29 is 9.53 Å². The number of carbonyl (C=O) groups is 1. The number of rotatable bonds is 6. The minimum absolute atomic E-state index is 0.0115. The van der Waals surface area contributed by atoms with Crippen molar-refractivity contribution in [2.45, 2.75) is 32.7 Å². The van der Waals surface area contributed by atoms with E-state index >= 15 is 0 Å². The van der Waals surface area contributed by atoms with Gasteiger partial charge in [0, 0.05) is 5.54 Å². The van der Waals surface area contributed by atoms with E-state index in [4.69, 9.17) is 16.3 Å². The number of ether oxygens (including phenoxy) is 1. The van der Waals surface area contributed by atoms with Crippen LogP contribution >= 0.6 is 11.6 Å². The highest BCUT2D eigenvalue weighted by molar-refractivity contribution is 6.27. The van der Waals surface area contributed by atoms with Gasteiger partial charge in [0.25, 0.3) is 0 Å². The highest BCUT2D eigenvalue weighted by atomic mass is 35.5. The Balaban J connectivity index is 2.70. The fourth-order valence-corrected chi connectivity index (χ4v) is 1.94. The highest BCUT2D eigenvalue weighted by Gasteiger charge is 2.20. The predicted molar refractivity (Wildman–Crippen MR) is 74.3 cm³/mol. The second-order valence-corrected chi connectivity index (χ2v) is 5.09. The molecule has 0 saturated heterocycles. The second kappa shape index (κ2) is 6.64. The van der Waals surface area contributed by atoms with Crippen LogP contribution in [-0.2, 0) is 11.2 Å². The van der Waals surface area contributed by atoms with Crippen molar-refractivity contribution in [1.29, 1.82) is 0 Å². The standard InChI is InChI=1S/C14H20ClNO2/c1-4-18-12-7-5-6-11(8-12)9-14(2,3)16-13(17)10-15/h5-8H,4,9-10H2,1-3H3,(H,16,17). The Morgan fingerprint density at radius 2 is 2.17 bits per heavy atom. The maximum Gasteiger partial charge on any atom is 0.235 e. The molecular formula is C14H20ClNO2. The Morgan fingerprint density at radius 3 is 2.78 bits per heavy atom. The predicted octanol–water partition coefficient (Wildman–Crippen LogP) is 2.76. The lowest BCUT2D eigenvalue weighted by Gasteiger charge is -2.26. The van der Waals surface area contributed by atoms with Gasteiger partial charge in [-0.3, -0.25) is 4.79 Å². The molecule has 0 fully saturated rings. The van der Waals surface area contributed by atoms with Gasteiger partial charge in [0.2, 0.25) is 5.91 Å². The van der Waals surface area contributed by atoms with E-state index in [1.54, 1.807) is 0 Å². The normalized spacial score (nSPS) is 11.1. The van der Waals surface area contributed by atoms with Gasteiger partial charge in [-0.2, -0.15) is 0 Å². The third kappa shape index (κ3) is 4.96. The van der Waals surface area contributed by atoms with Gasteiger partial charge in [-0.25, -0.2) is 0 Å². The van der Waals surface area contributed by atoms with E-state index in [2.05, 4.69) is 5.32 Å². The zero-order valence-corrected chi connectivity index (χ0v) is 11.9. The van der Waals surface area contributed by atoms with E-state index in [1.165, 1.54) is 0 Å². The van der Waals surface area contributed by atoms with E-state index in [9.17, 15) is 4.79 Å². The zero-order valence-electron chi connectivity index (χ0n) is 11.1. The van der Waals surface area contributed by atoms with Crippen LogP contribution in [0, 0.1) is 0 Å². The van der Waals surface area contributed by atoms with Crippen molar-refractivity contribution in [3.05, 3.63) is 29.8 Å². The van der Waals surface area contributed by atoms with E-state index in [-0.39, 0.29) is 17.3 Å². The molecule has 0 bridgehead atoms. The van der Waals surface area contributed by atoms with Crippen molar-refractivity contribution in [3.63, 3.8) is 0 Å². The summed E-state index contributed by atoms with van der Waals surface area (Å²) < 4.78 is 5.45. The first-order chi connectivity index (χ1) is 8.46. The molecule has 1 rings (SSSR count). The molecule has 100 valence electrons. The number of amides is 1. The summed E-state index contributed by atoms with van der Waals surface area (Å²) in [5.41, 5.74) is 0.803. The van der Waals surface area contributed by atoms with Crippen molar-refractivity contribution >= 4 is 17.5 Å². The molecule has 0 aliphatic carbocycles. The van der Waals surface area contributed by atoms with Crippen LogP contribution in [0.1, 0.15) is 26.3 Å². The van der Waals surface area contributed by atoms with Gasteiger partial charge in [-0.1, -0.05) is 12.1 Å². The quantitative estimate of drug-likeness (QED) is 0.807. The Morgan fingerprint density at radius 1 is 1.44 bits per heavy atom. The van der Waals surface area contributed by atoms with E-state index in [0.717, 1.165) is 17.7 Å². The number of nitrogens with one attached hydrogen (secondary N) is 1. The molecule has 1 aromatic rings. The van der Waals surface area contributed by atoms with E-state index < -0.39 is 0 Å². The van der Waals surface area contributed by atoms with Crippen LogP contribution in [0.5, 0.6) is 5.75 Å². The van der Waals surface area contributed by atoms with Crippen molar-refractivity contribution in [2.24, 2.45) is 0 Å². The van der Waals surface area contributed by atoms with Crippen LogP contribution < -0.4 is 10.1 Å². The van der Waals surface area contributed by atoms with Gasteiger partial charge in [0.1, 0.15) is 11.6 Å². The maximum absolute atomic E-state index is 11.3. The fourth-order valence-electron chi connectivity index (χ4n) is 1.88. The highest BCUT2D eigenvalue weighted by Crippen LogP contribution is 2.18. The molecule has 0 atom stereocenters. The van der Waals surface area contributed by atoms with Crippen LogP contribution in [-0.4, -0.2) is 23.9 Å². The largest absolute Gasteiger partial charge is 0.494 e. The summed E-state index contributed by atoms with van der Waals surface area (Å²) in [5, 5.41) is 2.89. The lowest BCUT2D eigenvalue weighted by Crippen LogP contribution is -2.45. The van der Waals surface area contributed by atoms with Crippen LogP contribution in [0.4, 0.5) is 0 Å². The number of halogens is 1. The Labute approximate surface area is 113 Å². The summed E-state index contributed by atoms with van der Waals surface area (Å²) in [6.07, 6.45) is 0.733. The summed E-state index contributed by atoms with van der Waals surface area (Å²) in [6, 6.07) is 7.91. The SMILES string of the molecule is CCOc1cccc(CC(C)(C)NC(=O)CCl)c1. The Kier molecular flexibility index (Phi) is 5.48. The molecular weight excluding hydrogens is 250 g/mol. The molecule has 0 aliphatic rings. The molecule has 1 aromatic carbocycles. The lowest BCUT2D eigenvalue weighted by molar-refractivity contribution is -0.120. The third-order valence-electron chi connectivity index (χ3n) is 2.45. The zero-order chi connectivity index (χ0) is 13.6. The number of carbonyl (C=O) groups excluding carboxylic acids is 1. The minimum Gasteiger partial charge on any atom is -0.494 e. The molecule has 18 heavy (non-hydrogen) atoms. The molecule has 0 radical (unpaired) electrons. The summed E-state index contributed by atoms with van der Waals surface area (Å²) in [4.78, 5) is 11.3. The van der Waals surface area contributed by atoms with Gasteiger partial charge in [-0.05, 0) is 44.9 Å². The molecule has 0 saturated carbocycles. The summed E-state index contributed by atoms with van der Waals surface area (Å²) >= 11 is 5.50. The first-order valence-corrected chi connectivity index (χ1v) is 6.59. The average molecular weight is 270 g/mol. The Hall–Kier alpha value is -1.22. The summed E-state index contributed by atoms with van der Waals surface area (Å²) in [7, 11) is 0. The van der Waals surface area contributed by atoms with E-state index in [0.29, 0.717) is 6.61 Å². The number of hydrogen-bond acceptors (Lipinski definition) is 2. The molecule has 0 heterocycles. The molecule has 1 amide bonds. The molecule has 0 spiro atoms. The molecule has 0 aromatic heterocycles. The topological polar surface area (TPSA) is 38.3 Å². The minimum atomic E-state index is -0.323. The first-order valence-electron chi connectivity index (χ1n) is 6.05. The number of benzene rings is 1. The second-order valence-electron chi connectivity index (χ2n) is 4.82.